The second kappa shape index (κ2) is 6.68. The number of hydrogen-bond acceptors (Lipinski definition) is 5. The van der Waals surface area contributed by atoms with Crippen LogP contribution in [0.5, 0.6) is 0 Å². The van der Waals surface area contributed by atoms with Crippen LogP contribution >= 0.6 is 11.6 Å². The predicted octanol–water partition coefficient (Wildman–Crippen LogP) is 2.53. The number of halogens is 1. The minimum absolute atomic E-state index is 0.0192. The third kappa shape index (κ3) is 3.41. The normalized spacial score (nSPS) is 19.2. The molecule has 0 fully saturated rings. The molecule has 1 aliphatic rings. The average molecular weight is 360 g/mol. The molecule has 8 heteroatoms. The molecule has 7 nitrogen and oxygen atoms in total. The highest BCUT2D eigenvalue weighted by Crippen LogP contribution is 2.39. The van der Waals surface area contributed by atoms with E-state index < -0.39 is 5.91 Å². The third-order valence-electron chi connectivity index (χ3n) is 4.23. The van der Waals surface area contributed by atoms with Crippen molar-refractivity contribution in [3.63, 3.8) is 0 Å². The van der Waals surface area contributed by atoms with Crippen LogP contribution < -0.4 is 16.0 Å². The number of aromatic nitrogens is 2. The van der Waals surface area contributed by atoms with E-state index in [1.54, 1.807) is 23.1 Å². The number of carbonyl (C=O) groups is 2. The second-order valence-electron chi connectivity index (χ2n) is 6.03. The molecule has 0 bridgehead atoms. The standard InChI is InChI=1S/C17H18ClN5O2/c1-9-5-14(22-17-20-7-12(18)8-21-17)13-6-11(16(19)25)3-4-15(13)23(9)10(2)24/h3-4,6-9,14H,5H2,1-2H3,(H2,19,25)(H,20,21,22). The van der Waals surface area contributed by atoms with Crippen molar-refractivity contribution in [3.8, 4) is 0 Å². The van der Waals surface area contributed by atoms with E-state index >= 15 is 0 Å². The van der Waals surface area contributed by atoms with Crippen molar-refractivity contribution in [1.29, 1.82) is 0 Å². The summed E-state index contributed by atoms with van der Waals surface area (Å²) in [5, 5.41) is 3.70. The highest BCUT2D eigenvalue weighted by molar-refractivity contribution is 6.30. The Balaban J connectivity index is 2.03. The van der Waals surface area contributed by atoms with E-state index in [1.807, 2.05) is 6.92 Å². The number of primary amides is 1. The molecule has 2 aromatic rings. The van der Waals surface area contributed by atoms with Gasteiger partial charge in [-0.15, -0.1) is 0 Å². The third-order valence-corrected chi connectivity index (χ3v) is 4.42. The van der Waals surface area contributed by atoms with Gasteiger partial charge in [0.1, 0.15) is 0 Å². The Hall–Kier alpha value is -2.67. The molecule has 0 saturated carbocycles. The Morgan fingerprint density at radius 3 is 2.60 bits per heavy atom. The van der Waals surface area contributed by atoms with Crippen molar-refractivity contribution in [2.24, 2.45) is 5.73 Å². The molecule has 3 rings (SSSR count). The SMILES string of the molecule is CC(=O)N1c2ccc(C(N)=O)cc2C(Nc2ncc(Cl)cn2)CC1C. The number of benzene rings is 1. The van der Waals surface area contributed by atoms with Gasteiger partial charge in [-0.25, -0.2) is 9.97 Å². The Kier molecular flexibility index (Phi) is 4.59. The number of carbonyl (C=O) groups excluding carboxylic acids is 2. The highest BCUT2D eigenvalue weighted by atomic mass is 35.5. The molecule has 2 amide bonds. The van der Waals surface area contributed by atoms with Gasteiger partial charge in [-0.2, -0.15) is 0 Å². The predicted molar refractivity (Wildman–Crippen MR) is 95.6 cm³/mol. The van der Waals surface area contributed by atoms with E-state index in [4.69, 9.17) is 17.3 Å². The van der Waals surface area contributed by atoms with Gasteiger partial charge in [0.25, 0.3) is 0 Å². The molecule has 1 aromatic carbocycles. The summed E-state index contributed by atoms with van der Waals surface area (Å²) in [5.41, 5.74) is 7.35. The van der Waals surface area contributed by atoms with Gasteiger partial charge in [0, 0.05) is 24.2 Å². The monoisotopic (exact) mass is 359 g/mol. The van der Waals surface area contributed by atoms with Gasteiger partial charge in [-0.1, -0.05) is 11.6 Å². The zero-order valence-electron chi connectivity index (χ0n) is 13.9. The summed E-state index contributed by atoms with van der Waals surface area (Å²) in [4.78, 5) is 33.7. The van der Waals surface area contributed by atoms with Crippen LogP contribution in [-0.2, 0) is 4.79 Å². The van der Waals surface area contributed by atoms with Crippen molar-refractivity contribution in [2.45, 2.75) is 32.4 Å². The summed E-state index contributed by atoms with van der Waals surface area (Å²) in [7, 11) is 0. The van der Waals surface area contributed by atoms with Gasteiger partial charge in [-0.05, 0) is 37.1 Å². The Morgan fingerprint density at radius 2 is 2.00 bits per heavy atom. The maximum Gasteiger partial charge on any atom is 0.248 e. The van der Waals surface area contributed by atoms with Crippen molar-refractivity contribution in [3.05, 3.63) is 46.7 Å². The van der Waals surface area contributed by atoms with Gasteiger partial charge in [0.2, 0.25) is 17.8 Å². The molecule has 1 aromatic heterocycles. The number of fused-ring (bicyclic) bond motifs is 1. The summed E-state index contributed by atoms with van der Waals surface area (Å²) in [6.07, 6.45) is 3.65. The van der Waals surface area contributed by atoms with E-state index in [-0.39, 0.29) is 18.0 Å². The fraction of sp³-hybridized carbons (Fsp3) is 0.294. The largest absolute Gasteiger partial charge is 0.366 e. The Bertz CT molecular complexity index is 824. The summed E-state index contributed by atoms with van der Waals surface area (Å²) in [6.45, 7) is 3.50. The smallest absolute Gasteiger partial charge is 0.248 e. The molecule has 1 aliphatic heterocycles. The van der Waals surface area contributed by atoms with E-state index in [2.05, 4.69) is 15.3 Å². The van der Waals surface area contributed by atoms with Gasteiger partial charge in [0.15, 0.2) is 0 Å². The van der Waals surface area contributed by atoms with Crippen LogP contribution in [0.15, 0.2) is 30.6 Å². The van der Waals surface area contributed by atoms with E-state index in [9.17, 15) is 9.59 Å². The van der Waals surface area contributed by atoms with E-state index in [1.165, 1.54) is 19.3 Å². The second-order valence-corrected chi connectivity index (χ2v) is 6.47. The Morgan fingerprint density at radius 1 is 1.32 bits per heavy atom. The van der Waals surface area contributed by atoms with Crippen LogP contribution in [0.3, 0.4) is 0 Å². The first-order valence-electron chi connectivity index (χ1n) is 7.84. The van der Waals surface area contributed by atoms with Crippen LogP contribution in [0.4, 0.5) is 11.6 Å². The van der Waals surface area contributed by atoms with Crippen LogP contribution in [0.25, 0.3) is 0 Å². The number of anilines is 2. The van der Waals surface area contributed by atoms with Crippen molar-refractivity contribution >= 4 is 35.1 Å². The van der Waals surface area contributed by atoms with Gasteiger partial charge in [0.05, 0.1) is 23.5 Å². The number of nitrogens with two attached hydrogens (primary N) is 1. The van der Waals surface area contributed by atoms with E-state index in [0.717, 1.165) is 11.3 Å². The fourth-order valence-electron chi connectivity index (χ4n) is 3.18. The van der Waals surface area contributed by atoms with Crippen LogP contribution in [0.2, 0.25) is 5.02 Å². The number of hydrogen-bond donors (Lipinski definition) is 2. The van der Waals surface area contributed by atoms with Crippen LogP contribution in [0, 0.1) is 0 Å². The molecule has 0 saturated heterocycles. The lowest BCUT2D eigenvalue weighted by Gasteiger charge is -2.39. The first-order valence-corrected chi connectivity index (χ1v) is 8.22. The topological polar surface area (TPSA) is 101 Å². The number of amides is 2. The number of nitrogens with one attached hydrogen (secondary N) is 1. The first-order chi connectivity index (χ1) is 11.9. The molecular formula is C17H18ClN5O2. The minimum Gasteiger partial charge on any atom is -0.366 e. The molecule has 0 radical (unpaired) electrons. The first kappa shape index (κ1) is 17.2. The van der Waals surface area contributed by atoms with Crippen molar-refractivity contribution < 1.29 is 9.59 Å². The van der Waals surface area contributed by atoms with Crippen molar-refractivity contribution in [1.82, 2.24) is 9.97 Å². The lowest BCUT2D eigenvalue weighted by atomic mass is 9.90. The molecule has 3 N–H and O–H groups in total. The lowest BCUT2D eigenvalue weighted by Crippen LogP contribution is -2.43. The van der Waals surface area contributed by atoms with Gasteiger partial charge >= 0.3 is 0 Å². The molecule has 0 aliphatic carbocycles. The van der Waals surface area contributed by atoms with E-state index in [0.29, 0.717) is 23.0 Å². The molecular weight excluding hydrogens is 342 g/mol. The Labute approximate surface area is 150 Å². The maximum atomic E-state index is 12.1. The summed E-state index contributed by atoms with van der Waals surface area (Å²) < 4.78 is 0. The molecule has 2 atom stereocenters. The number of rotatable bonds is 3. The molecule has 25 heavy (non-hydrogen) atoms. The summed E-state index contributed by atoms with van der Waals surface area (Å²) in [6, 6.07) is 4.91. The van der Waals surface area contributed by atoms with Crippen LogP contribution in [0.1, 0.15) is 42.2 Å². The lowest BCUT2D eigenvalue weighted by molar-refractivity contribution is -0.117. The average Bonchev–Trinajstić information content (AvgIpc) is 2.56. The molecule has 2 heterocycles. The molecule has 0 spiro atoms. The van der Waals surface area contributed by atoms with Gasteiger partial charge < -0.3 is 16.0 Å². The minimum atomic E-state index is -0.516. The summed E-state index contributed by atoms with van der Waals surface area (Å²) in [5.74, 6) is -0.146. The number of nitrogens with zero attached hydrogens (tertiary/aromatic N) is 3. The van der Waals surface area contributed by atoms with Crippen molar-refractivity contribution in [2.75, 3.05) is 10.2 Å². The zero-order chi connectivity index (χ0) is 18.1. The highest BCUT2D eigenvalue weighted by Gasteiger charge is 2.33. The van der Waals surface area contributed by atoms with Crippen LogP contribution in [-0.4, -0.2) is 27.8 Å². The molecule has 2 unspecified atom stereocenters. The zero-order valence-corrected chi connectivity index (χ0v) is 14.6. The maximum absolute atomic E-state index is 12.1. The molecule has 130 valence electrons. The summed E-state index contributed by atoms with van der Waals surface area (Å²) >= 11 is 5.82. The van der Waals surface area contributed by atoms with Gasteiger partial charge in [-0.3, -0.25) is 9.59 Å². The quantitative estimate of drug-likeness (QED) is 0.876. The fourth-order valence-corrected chi connectivity index (χ4v) is 3.27.